The lowest BCUT2D eigenvalue weighted by atomic mass is 11.0. The molecule has 0 radical (unpaired) electrons. The number of hydrogen-bond acceptors (Lipinski definition) is 4. The summed E-state index contributed by atoms with van der Waals surface area (Å²) in [6.07, 6.45) is 2.93. The van der Waals surface area contributed by atoms with E-state index in [1.54, 1.807) is 0 Å². The van der Waals surface area contributed by atoms with Gasteiger partial charge in [0, 0.05) is 0 Å². The summed E-state index contributed by atoms with van der Waals surface area (Å²) in [7, 11) is 0. The predicted molar refractivity (Wildman–Crippen MR) is 21.2 cm³/mol. The van der Waals surface area contributed by atoms with E-state index in [9.17, 15) is 0 Å². The summed E-state index contributed by atoms with van der Waals surface area (Å²) < 4.78 is 0. The van der Waals surface area contributed by atoms with Gasteiger partial charge in [-0.2, -0.15) is 0 Å². The Hall–Kier alpha value is -1.10. The van der Waals surface area contributed by atoms with Crippen LogP contribution < -0.4 is 0 Å². The molecule has 5 nitrogen and oxygen atoms in total. The fourth-order valence-corrected chi connectivity index (χ4v) is 0.165. The van der Waals surface area contributed by atoms with Crippen molar-refractivity contribution < 1.29 is 5.48 Å². The summed E-state index contributed by atoms with van der Waals surface area (Å²) >= 11 is 0. The predicted octanol–water partition coefficient (Wildman–Crippen LogP) is -1.56. The molecular formula is C2H4N4O. The van der Waals surface area contributed by atoms with Gasteiger partial charge in [-0.25, -0.2) is 0 Å². The van der Waals surface area contributed by atoms with Crippen LogP contribution in [0.1, 0.15) is 0 Å². The van der Waals surface area contributed by atoms with E-state index in [1.807, 2.05) is 0 Å². The third-order valence-corrected chi connectivity index (χ3v) is 0.343. The first-order chi connectivity index (χ1) is 3.00. The maximum Gasteiger partial charge on any atom is 0.0716 e. The first kappa shape index (κ1) is 5.90. The summed E-state index contributed by atoms with van der Waals surface area (Å²) in [6.45, 7) is 0. The van der Waals surface area contributed by atoms with Crippen LogP contribution in [0.15, 0.2) is 12.4 Å². The van der Waals surface area contributed by atoms with E-state index in [1.165, 1.54) is 12.4 Å². The van der Waals surface area contributed by atoms with Crippen LogP contribution in [-0.4, -0.2) is 26.1 Å². The highest BCUT2D eigenvalue weighted by atomic mass is 16.0. The zero-order valence-corrected chi connectivity index (χ0v) is 3.44. The van der Waals surface area contributed by atoms with Crippen LogP contribution in [0.4, 0.5) is 0 Å². The zero-order chi connectivity index (χ0) is 4.24. The molecule has 2 N–H and O–H groups in total. The van der Waals surface area contributed by atoms with Gasteiger partial charge in [0.05, 0.1) is 12.4 Å². The van der Waals surface area contributed by atoms with Gasteiger partial charge in [-0.3, -0.25) is 0 Å². The van der Waals surface area contributed by atoms with Crippen LogP contribution in [0.2, 0.25) is 0 Å². The highest BCUT2D eigenvalue weighted by Crippen LogP contribution is 1.53. The highest BCUT2D eigenvalue weighted by molar-refractivity contribution is 4.52. The molecule has 0 spiro atoms. The van der Waals surface area contributed by atoms with Gasteiger partial charge in [0.15, 0.2) is 0 Å². The first-order valence-corrected chi connectivity index (χ1v) is 1.45. The van der Waals surface area contributed by atoms with Crippen LogP contribution in [-0.2, 0) is 0 Å². The van der Waals surface area contributed by atoms with Crippen molar-refractivity contribution in [2.45, 2.75) is 0 Å². The third kappa shape index (κ3) is 1.72. The van der Waals surface area contributed by atoms with Crippen LogP contribution in [0.5, 0.6) is 0 Å². The molecular weight excluding hydrogens is 96.0 g/mol. The van der Waals surface area contributed by atoms with E-state index in [-0.39, 0.29) is 5.48 Å². The summed E-state index contributed by atoms with van der Waals surface area (Å²) in [5.41, 5.74) is 0. The van der Waals surface area contributed by atoms with Gasteiger partial charge in [-0.05, 0) is 10.4 Å². The van der Waals surface area contributed by atoms with Crippen molar-refractivity contribution in [2.24, 2.45) is 0 Å². The molecule has 0 aliphatic rings. The molecule has 0 aliphatic carbocycles. The molecule has 0 saturated carbocycles. The second-order valence-electron chi connectivity index (χ2n) is 0.708. The van der Waals surface area contributed by atoms with Gasteiger partial charge in [-0.15, -0.1) is 10.2 Å². The minimum absolute atomic E-state index is 0. The highest BCUT2D eigenvalue weighted by Gasteiger charge is 1.61. The number of aromatic nitrogens is 4. The van der Waals surface area contributed by atoms with Gasteiger partial charge in [0.1, 0.15) is 0 Å². The van der Waals surface area contributed by atoms with Crippen molar-refractivity contribution in [2.75, 3.05) is 0 Å². The molecule has 1 aromatic rings. The molecule has 0 bridgehead atoms. The van der Waals surface area contributed by atoms with E-state index < -0.39 is 0 Å². The quantitative estimate of drug-likeness (QED) is 0.394. The monoisotopic (exact) mass is 100 g/mol. The van der Waals surface area contributed by atoms with E-state index in [4.69, 9.17) is 0 Å². The van der Waals surface area contributed by atoms with Crippen molar-refractivity contribution in [1.29, 1.82) is 0 Å². The number of rotatable bonds is 0. The minimum Gasteiger partial charge on any atom is -0.412 e. The van der Waals surface area contributed by atoms with Crippen molar-refractivity contribution in [3.8, 4) is 0 Å². The average Bonchev–Trinajstić information content (AvgIpc) is 1.72. The smallest absolute Gasteiger partial charge is 0.0716 e. The maximum atomic E-state index is 3.36. The lowest BCUT2D eigenvalue weighted by molar-refractivity contribution is 0.761. The molecule has 0 aliphatic heterocycles. The maximum absolute atomic E-state index is 3.36. The topological polar surface area (TPSA) is 83.1 Å². The van der Waals surface area contributed by atoms with Crippen LogP contribution in [0.3, 0.4) is 0 Å². The average molecular weight is 100 g/mol. The molecule has 1 rings (SSSR count). The van der Waals surface area contributed by atoms with Crippen LogP contribution in [0, 0.1) is 0 Å². The summed E-state index contributed by atoms with van der Waals surface area (Å²) in [5.74, 6) is 0. The number of nitrogens with zero attached hydrogens (tertiary/aromatic N) is 4. The van der Waals surface area contributed by atoms with Gasteiger partial charge in [-0.1, -0.05) is 0 Å². The van der Waals surface area contributed by atoms with Gasteiger partial charge in [0.2, 0.25) is 0 Å². The van der Waals surface area contributed by atoms with Gasteiger partial charge >= 0.3 is 0 Å². The second-order valence-corrected chi connectivity index (χ2v) is 0.708. The Morgan fingerprint density at radius 3 is 1.43 bits per heavy atom. The fraction of sp³-hybridized carbons (Fsp3) is 0. The molecule has 1 aromatic heterocycles. The van der Waals surface area contributed by atoms with Gasteiger partial charge in [0.25, 0.3) is 0 Å². The SMILES string of the molecule is O.c1cnnnn1. The zero-order valence-electron chi connectivity index (χ0n) is 3.44. The Morgan fingerprint density at radius 1 is 0.857 bits per heavy atom. The number of hydrogen-bond donors (Lipinski definition) is 0. The molecule has 0 aromatic carbocycles. The fourth-order valence-electron chi connectivity index (χ4n) is 0.165. The Labute approximate surface area is 39.7 Å². The Bertz CT molecular complexity index is 81.6. The van der Waals surface area contributed by atoms with E-state index >= 15 is 0 Å². The molecule has 38 valence electrons. The lowest BCUT2D eigenvalue weighted by Crippen LogP contribution is -1.84. The van der Waals surface area contributed by atoms with E-state index in [0.29, 0.717) is 0 Å². The summed E-state index contributed by atoms with van der Waals surface area (Å²) in [4.78, 5) is 0. The van der Waals surface area contributed by atoms with E-state index in [2.05, 4.69) is 20.6 Å². The molecule has 0 saturated heterocycles. The first-order valence-electron chi connectivity index (χ1n) is 1.45. The Balaban J connectivity index is 0.000000360. The largest absolute Gasteiger partial charge is 0.412 e. The van der Waals surface area contributed by atoms with Crippen LogP contribution in [0.25, 0.3) is 0 Å². The minimum atomic E-state index is 0. The molecule has 0 amide bonds. The van der Waals surface area contributed by atoms with Crippen molar-refractivity contribution in [3.63, 3.8) is 0 Å². The molecule has 0 atom stereocenters. The van der Waals surface area contributed by atoms with Crippen LogP contribution >= 0.6 is 0 Å². The Kier molecular flexibility index (Phi) is 2.62. The van der Waals surface area contributed by atoms with Crippen molar-refractivity contribution in [3.05, 3.63) is 12.4 Å². The third-order valence-electron chi connectivity index (χ3n) is 0.343. The standard InChI is InChI=1S/C2H2N4.H2O/c1-2-4-6-5-3-1;/h1-2H;1H2. The van der Waals surface area contributed by atoms with E-state index in [0.717, 1.165) is 0 Å². The van der Waals surface area contributed by atoms with Gasteiger partial charge < -0.3 is 5.48 Å². The molecule has 1 heterocycles. The Morgan fingerprint density at radius 2 is 1.29 bits per heavy atom. The summed E-state index contributed by atoms with van der Waals surface area (Å²) in [5, 5.41) is 13.1. The molecule has 5 heteroatoms. The molecule has 0 fully saturated rings. The summed E-state index contributed by atoms with van der Waals surface area (Å²) in [6, 6.07) is 0. The van der Waals surface area contributed by atoms with Crippen molar-refractivity contribution in [1.82, 2.24) is 20.6 Å². The second kappa shape index (κ2) is 3.10. The molecule has 0 unspecified atom stereocenters. The molecule has 7 heavy (non-hydrogen) atoms. The van der Waals surface area contributed by atoms with Crippen molar-refractivity contribution >= 4 is 0 Å². The lowest BCUT2D eigenvalue weighted by Gasteiger charge is -1.67. The normalized spacial score (nSPS) is 6.86.